The maximum absolute atomic E-state index is 14.1. The zero-order valence-electron chi connectivity index (χ0n) is 14.2. The molecule has 1 aliphatic rings. The third-order valence-corrected chi connectivity index (χ3v) is 4.43. The molecule has 0 saturated carbocycles. The summed E-state index contributed by atoms with van der Waals surface area (Å²) in [5.41, 5.74) is -0.793. The van der Waals surface area contributed by atoms with Crippen LogP contribution in [-0.4, -0.2) is 41.9 Å². The summed E-state index contributed by atoms with van der Waals surface area (Å²) in [4.78, 5) is 24.6. The molecule has 7 nitrogen and oxygen atoms in total. The van der Waals surface area contributed by atoms with E-state index in [0.29, 0.717) is 25.9 Å². The second-order valence-corrected chi connectivity index (χ2v) is 5.87. The number of anilines is 1. The number of hydrogen-bond acceptors (Lipinski definition) is 5. The molecule has 1 fully saturated rings. The molecule has 26 heavy (non-hydrogen) atoms. The van der Waals surface area contributed by atoms with E-state index in [-0.39, 0.29) is 29.6 Å². The highest BCUT2D eigenvalue weighted by molar-refractivity contribution is 5.98. The lowest BCUT2D eigenvalue weighted by molar-refractivity contribution is -0.126. The topological polar surface area (TPSA) is 85.2 Å². The van der Waals surface area contributed by atoms with E-state index in [9.17, 15) is 14.0 Å². The number of hydrogen-bond donors (Lipinski definition) is 2. The average molecular weight is 383 g/mol. The van der Waals surface area contributed by atoms with Crippen LogP contribution in [-0.2, 0) is 15.1 Å². The van der Waals surface area contributed by atoms with Crippen LogP contribution < -0.4 is 10.6 Å². The zero-order valence-corrected chi connectivity index (χ0v) is 15.0. The van der Waals surface area contributed by atoms with Crippen molar-refractivity contribution in [2.45, 2.75) is 18.4 Å². The number of nitrogens with one attached hydrogen (secondary N) is 2. The number of aromatic nitrogens is 2. The smallest absolute Gasteiger partial charge is 0.337 e. The Bertz CT molecular complexity index is 776. The number of nitrogens with zero attached hydrogens (tertiary/aromatic N) is 2. The van der Waals surface area contributed by atoms with Gasteiger partial charge in [0.2, 0.25) is 0 Å². The summed E-state index contributed by atoms with van der Waals surface area (Å²) in [5, 5.41) is 10.0. The summed E-state index contributed by atoms with van der Waals surface area (Å²) in [5.74, 6) is -1.58. The number of piperidine rings is 1. The van der Waals surface area contributed by atoms with Gasteiger partial charge in [0, 0.05) is 12.4 Å². The predicted molar refractivity (Wildman–Crippen MR) is 95.9 cm³/mol. The zero-order chi connectivity index (χ0) is 17.9. The Morgan fingerprint density at radius 1 is 1.35 bits per heavy atom. The summed E-state index contributed by atoms with van der Waals surface area (Å²) in [7, 11) is 1.24. The molecule has 0 unspecified atom stereocenters. The number of halogens is 2. The molecule has 0 aliphatic carbocycles. The predicted octanol–water partition coefficient (Wildman–Crippen LogP) is 1.95. The Morgan fingerprint density at radius 3 is 2.69 bits per heavy atom. The molecule has 1 amide bonds. The number of amides is 1. The van der Waals surface area contributed by atoms with Gasteiger partial charge in [0.15, 0.2) is 0 Å². The minimum atomic E-state index is -0.900. The van der Waals surface area contributed by atoms with E-state index in [2.05, 4.69) is 20.5 Å². The Balaban J connectivity index is 0.00000243. The maximum Gasteiger partial charge on any atom is 0.337 e. The minimum Gasteiger partial charge on any atom is -0.465 e. The number of carbonyl (C=O) groups excluding carboxylic acids is 2. The Labute approximate surface area is 156 Å². The van der Waals surface area contributed by atoms with Gasteiger partial charge in [-0.1, -0.05) is 0 Å². The number of esters is 1. The van der Waals surface area contributed by atoms with Crippen molar-refractivity contribution in [3.05, 3.63) is 48.0 Å². The van der Waals surface area contributed by atoms with Gasteiger partial charge in [-0.05, 0) is 50.2 Å². The van der Waals surface area contributed by atoms with Crippen molar-refractivity contribution in [2.75, 3.05) is 25.5 Å². The Hall–Kier alpha value is -2.45. The Morgan fingerprint density at radius 2 is 2.08 bits per heavy atom. The summed E-state index contributed by atoms with van der Waals surface area (Å²) in [6.45, 7) is 1.30. The van der Waals surface area contributed by atoms with E-state index in [1.807, 2.05) is 0 Å². The van der Waals surface area contributed by atoms with Crippen LogP contribution in [0.4, 0.5) is 10.1 Å². The third-order valence-electron chi connectivity index (χ3n) is 4.43. The summed E-state index contributed by atoms with van der Waals surface area (Å²) in [6, 6.07) is 5.46. The van der Waals surface area contributed by atoms with Crippen LogP contribution in [0.15, 0.2) is 36.7 Å². The van der Waals surface area contributed by atoms with Crippen LogP contribution in [0, 0.1) is 5.82 Å². The molecule has 1 aromatic carbocycles. The molecule has 1 saturated heterocycles. The highest BCUT2D eigenvalue weighted by Crippen LogP contribution is 2.29. The molecule has 1 aliphatic heterocycles. The molecule has 0 radical (unpaired) electrons. The Kier molecular flexibility index (Phi) is 6.33. The van der Waals surface area contributed by atoms with E-state index < -0.39 is 17.3 Å². The normalized spacial score (nSPS) is 15.6. The first-order chi connectivity index (χ1) is 12.1. The molecule has 2 aromatic rings. The lowest BCUT2D eigenvalue weighted by Gasteiger charge is -2.36. The van der Waals surface area contributed by atoms with Gasteiger partial charge in [-0.2, -0.15) is 5.10 Å². The van der Waals surface area contributed by atoms with Gasteiger partial charge >= 0.3 is 5.97 Å². The number of ether oxygens (including phenoxy) is 1. The van der Waals surface area contributed by atoms with Crippen molar-refractivity contribution in [3.63, 3.8) is 0 Å². The van der Waals surface area contributed by atoms with E-state index in [1.165, 1.54) is 19.2 Å². The van der Waals surface area contributed by atoms with Crippen molar-refractivity contribution < 1.29 is 18.7 Å². The molecular formula is C17H20ClFN4O3. The highest BCUT2D eigenvalue weighted by atomic mass is 35.5. The standard InChI is InChI=1S/C17H19FN4O3.ClH/c1-25-15(23)12-3-4-13(18)14(11-12)21-16(24)17(5-8-19-9-6-17)22-10-2-7-20-22;/h2-4,7,10-11,19H,5-6,8-9H2,1H3,(H,21,24);1H. The number of benzene rings is 1. The molecule has 3 rings (SSSR count). The van der Waals surface area contributed by atoms with Crippen molar-refractivity contribution in [2.24, 2.45) is 0 Å². The van der Waals surface area contributed by atoms with Gasteiger partial charge in [0.25, 0.3) is 5.91 Å². The van der Waals surface area contributed by atoms with Gasteiger partial charge < -0.3 is 15.4 Å². The van der Waals surface area contributed by atoms with E-state index in [1.54, 1.807) is 23.1 Å². The summed E-state index contributed by atoms with van der Waals surface area (Å²) >= 11 is 0. The monoisotopic (exact) mass is 382 g/mol. The second kappa shape index (κ2) is 8.29. The van der Waals surface area contributed by atoms with Crippen LogP contribution in [0.1, 0.15) is 23.2 Å². The van der Waals surface area contributed by atoms with E-state index in [0.717, 1.165) is 6.07 Å². The van der Waals surface area contributed by atoms with E-state index >= 15 is 0 Å². The van der Waals surface area contributed by atoms with Crippen LogP contribution in [0.3, 0.4) is 0 Å². The SMILES string of the molecule is COC(=O)c1ccc(F)c(NC(=O)C2(n3cccn3)CCNCC2)c1.Cl. The summed E-state index contributed by atoms with van der Waals surface area (Å²) in [6.07, 6.45) is 4.39. The van der Waals surface area contributed by atoms with Crippen LogP contribution >= 0.6 is 12.4 Å². The van der Waals surface area contributed by atoms with Crippen molar-refractivity contribution >= 4 is 30.0 Å². The largest absolute Gasteiger partial charge is 0.465 e. The first kappa shape index (κ1) is 19.9. The third kappa shape index (κ3) is 3.71. The number of methoxy groups -OCH3 is 1. The van der Waals surface area contributed by atoms with Gasteiger partial charge in [0.05, 0.1) is 18.4 Å². The average Bonchev–Trinajstić information content (AvgIpc) is 3.18. The number of carbonyl (C=O) groups is 2. The lowest BCUT2D eigenvalue weighted by Crippen LogP contribution is -2.52. The fraction of sp³-hybridized carbons (Fsp3) is 0.353. The second-order valence-electron chi connectivity index (χ2n) is 5.87. The fourth-order valence-corrected chi connectivity index (χ4v) is 3.03. The molecule has 140 valence electrons. The highest BCUT2D eigenvalue weighted by Gasteiger charge is 2.42. The quantitative estimate of drug-likeness (QED) is 0.789. The molecular weight excluding hydrogens is 363 g/mol. The van der Waals surface area contributed by atoms with E-state index in [4.69, 9.17) is 0 Å². The van der Waals surface area contributed by atoms with Crippen molar-refractivity contribution in [3.8, 4) is 0 Å². The molecule has 0 bridgehead atoms. The van der Waals surface area contributed by atoms with Crippen LogP contribution in [0.5, 0.6) is 0 Å². The van der Waals surface area contributed by atoms with Gasteiger partial charge in [-0.25, -0.2) is 9.18 Å². The summed E-state index contributed by atoms with van der Waals surface area (Å²) < 4.78 is 20.4. The van der Waals surface area contributed by atoms with Crippen molar-refractivity contribution in [1.82, 2.24) is 15.1 Å². The lowest BCUT2D eigenvalue weighted by atomic mass is 9.87. The molecule has 0 spiro atoms. The first-order valence-electron chi connectivity index (χ1n) is 7.97. The number of rotatable bonds is 4. The molecule has 1 aromatic heterocycles. The molecule has 9 heteroatoms. The van der Waals surface area contributed by atoms with Crippen molar-refractivity contribution in [1.29, 1.82) is 0 Å². The minimum absolute atomic E-state index is 0. The molecule has 0 atom stereocenters. The maximum atomic E-state index is 14.1. The first-order valence-corrected chi connectivity index (χ1v) is 7.97. The molecule has 2 heterocycles. The van der Waals surface area contributed by atoms with Crippen LogP contribution in [0.2, 0.25) is 0 Å². The molecule has 2 N–H and O–H groups in total. The van der Waals surface area contributed by atoms with Gasteiger partial charge in [-0.3, -0.25) is 9.48 Å². The van der Waals surface area contributed by atoms with Crippen LogP contribution in [0.25, 0.3) is 0 Å². The fourth-order valence-electron chi connectivity index (χ4n) is 3.03. The van der Waals surface area contributed by atoms with Gasteiger partial charge in [0.1, 0.15) is 11.4 Å². The van der Waals surface area contributed by atoms with Gasteiger partial charge in [-0.15, -0.1) is 12.4 Å².